The molecule has 0 aliphatic rings. The number of hydrogen-bond donors (Lipinski definition) is 1. The Morgan fingerprint density at radius 1 is 1.32 bits per heavy atom. The van der Waals surface area contributed by atoms with Gasteiger partial charge in [0, 0.05) is 38.6 Å². The highest BCUT2D eigenvalue weighted by Gasteiger charge is 2.10. The molecule has 1 unspecified atom stereocenters. The van der Waals surface area contributed by atoms with Crippen LogP contribution in [-0.4, -0.2) is 43.3 Å². The SMILES string of the molecule is COCCOCCCCNC(C)c1cn(C)nc1C. The summed E-state index contributed by atoms with van der Waals surface area (Å²) in [6, 6.07) is 0.350. The van der Waals surface area contributed by atoms with Crippen LogP contribution in [0.1, 0.15) is 37.1 Å². The predicted molar refractivity (Wildman–Crippen MR) is 76.3 cm³/mol. The molecule has 1 aromatic rings. The van der Waals surface area contributed by atoms with E-state index in [1.54, 1.807) is 7.11 Å². The van der Waals surface area contributed by atoms with Crippen molar-refractivity contribution in [2.45, 2.75) is 32.7 Å². The Balaban J connectivity index is 2.08. The van der Waals surface area contributed by atoms with Gasteiger partial charge in [0.1, 0.15) is 0 Å². The van der Waals surface area contributed by atoms with Gasteiger partial charge in [-0.05, 0) is 33.2 Å². The van der Waals surface area contributed by atoms with Crippen molar-refractivity contribution >= 4 is 0 Å². The number of aromatic nitrogens is 2. The fourth-order valence-electron chi connectivity index (χ4n) is 2.05. The number of unbranched alkanes of at least 4 members (excludes halogenated alkanes) is 1. The van der Waals surface area contributed by atoms with E-state index < -0.39 is 0 Å². The maximum atomic E-state index is 5.42. The highest BCUT2D eigenvalue weighted by molar-refractivity contribution is 5.19. The number of methoxy groups -OCH3 is 1. The molecule has 1 rings (SSSR count). The average Bonchev–Trinajstić information content (AvgIpc) is 2.71. The molecule has 0 amide bonds. The van der Waals surface area contributed by atoms with Crippen molar-refractivity contribution in [1.29, 1.82) is 0 Å². The third-order valence-electron chi connectivity index (χ3n) is 3.12. The van der Waals surface area contributed by atoms with E-state index in [0.29, 0.717) is 19.3 Å². The van der Waals surface area contributed by atoms with Crippen molar-refractivity contribution in [3.05, 3.63) is 17.5 Å². The first-order valence-electron chi connectivity index (χ1n) is 6.95. The zero-order valence-corrected chi connectivity index (χ0v) is 12.6. The van der Waals surface area contributed by atoms with Crippen LogP contribution in [-0.2, 0) is 16.5 Å². The first kappa shape index (κ1) is 16.1. The van der Waals surface area contributed by atoms with Gasteiger partial charge in [0.2, 0.25) is 0 Å². The molecule has 0 bridgehead atoms. The highest BCUT2D eigenvalue weighted by atomic mass is 16.5. The number of hydrogen-bond acceptors (Lipinski definition) is 4. The quantitative estimate of drug-likeness (QED) is 0.658. The van der Waals surface area contributed by atoms with Gasteiger partial charge < -0.3 is 14.8 Å². The smallest absolute Gasteiger partial charge is 0.0700 e. The summed E-state index contributed by atoms with van der Waals surface area (Å²) in [6.07, 6.45) is 4.28. The topological polar surface area (TPSA) is 48.3 Å². The molecule has 0 aliphatic heterocycles. The van der Waals surface area contributed by atoms with Crippen LogP contribution in [0.15, 0.2) is 6.20 Å². The van der Waals surface area contributed by atoms with Crippen molar-refractivity contribution < 1.29 is 9.47 Å². The van der Waals surface area contributed by atoms with Gasteiger partial charge in [-0.3, -0.25) is 4.68 Å². The van der Waals surface area contributed by atoms with E-state index in [0.717, 1.165) is 31.7 Å². The summed E-state index contributed by atoms with van der Waals surface area (Å²) in [5.74, 6) is 0. The van der Waals surface area contributed by atoms with E-state index >= 15 is 0 Å². The predicted octanol–water partition coefficient (Wildman–Crippen LogP) is 1.82. The number of aryl methyl sites for hydroxylation is 2. The lowest BCUT2D eigenvalue weighted by Gasteiger charge is -2.13. The Kier molecular flexibility index (Phi) is 7.70. The second-order valence-electron chi connectivity index (χ2n) is 4.83. The molecule has 110 valence electrons. The fraction of sp³-hybridized carbons (Fsp3) is 0.786. The van der Waals surface area contributed by atoms with E-state index in [1.165, 1.54) is 5.56 Å². The Bertz CT molecular complexity index is 352. The molecule has 0 aromatic carbocycles. The van der Waals surface area contributed by atoms with E-state index in [-0.39, 0.29) is 0 Å². The molecule has 0 saturated heterocycles. The van der Waals surface area contributed by atoms with Crippen molar-refractivity contribution in [2.24, 2.45) is 7.05 Å². The second-order valence-corrected chi connectivity index (χ2v) is 4.83. The second kappa shape index (κ2) is 9.07. The standard InChI is InChI=1S/C14H27N3O2/c1-12(14-11-17(3)16-13(14)2)15-7-5-6-8-19-10-9-18-4/h11-12,15H,5-10H2,1-4H3. The van der Waals surface area contributed by atoms with Gasteiger partial charge in [-0.1, -0.05) is 0 Å². The summed E-state index contributed by atoms with van der Waals surface area (Å²) in [4.78, 5) is 0. The van der Waals surface area contributed by atoms with Crippen LogP contribution in [0.25, 0.3) is 0 Å². The van der Waals surface area contributed by atoms with Crippen molar-refractivity contribution in [1.82, 2.24) is 15.1 Å². The summed E-state index contributed by atoms with van der Waals surface area (Å²) in [5, 5.41) is 7.88. The molecule has 5 heteroatoms. The van der Waals surface area contributed by atoms with Gasteiger partial charge in [0.15, 0.2) is 0 Å². The van der Waals surface area contributed by atoms with Gasteiger partial charge in [-0.2, -0.15) is 5.10 Å². The van der Waals surface area contributed by atoms with E-state index in [4.69, 9.17) is 9.47 Å². The van der Waals surface area contributed by atoms with Gasteiger partial charge in [-0.25, -0.2) is 0 Å². The van der Waals surface area contributed by atoms with Crippen LogP contribution in [0, 0.1) is 6.92 Å². The van der Waals surface area contributed by atoms with Gasteiger partial charge in [0.25, 0.3) is 0 Å². The van der Waals surface area contributed by atoms with E-state index in [2.05, 4.69) is 30.5 Å². The van der Waals surface area contributed by atoms with Gasteiger partial charge >= 0.3 is 0 Å². The minimum absolute atomic E-state index is 0.350. The lowest BCUT2D eigenvalue weighted by atomic mass is 10.1. The summed E-state index contributed by atoms with van der Waals surface area (Å²) >= 11 is 0. The normalized spacial score (nSPS) is 12.8. The number of rotatable bonds is 10. The Hall–Kier alpha value is -0.910. The van der Waals surface area contributed by atoms with Crippen LogP contribution in [0.2, 0.25) is 0 Å². The molecule has 0 aliphatic carbocycles. The average molecular weight is 269 g/mol. The number of ether oxygens (including phenoxy) is 2. The number of nitrogens with zero attached hydrogens (tertiary/aromatic N) is 2. The Labute approximate surface area is 116 Å². The van der Waals surface area contributed by atoms with E-state index in [1.807, 2.05) is 11.7 Å². The van der Waals surface area contributed by atoms with Crippen LogP contribution in [0.4, 0.5) is 0 Å². The monoisotopic (exact) mass is 269 g/mol. The van der Waals surface area contributed by atoms with Crippen molar-refractivity contribution in [3.63, 3.8) is 0 Å². The number of nitrogens with one attached hydrogen (secondary N) is 1. The zero-order chi connectivity index (χ0) is 14.1. The van der Waals surface area contributed by atoms with Crippen LogP contribution in [0.3, 0.4) is 0 Å². The summed E-state index contributed by atoms with van der Waals surface area (Å²) in [5.41, 5.74) is 2.38. The molecule has 0 saturated carbocycles. The molecule has 0 fully saturated rings. The van der Waals surface area contributed by atoms with Crippen LogP contribution in [0.5, 0.6) is 0 Å². The lowest BCUT2D eigenvalue weighted by Crippen LogP contribution is -2.20. The molecule has 1 heterocycles. The molecule has 5 nitrogen and oxygen atoms in total. The Morgan fingerprint density at radius 2 is 2.11 bits per heavy atom. The maximum Gasteiger partial charge on any atom is 0.0700 e. The van der Waals surface area contributed by atoms with E-state index in [9.17, 15) is 0 Å². The molecule has 0 radical (unpaired) electrons. The summed E-state index contributed by atoms with van der Waals surface area (Å²) in [7, 11) is 3.65. The molecular weight excluding hydrogens is 242 g/mol. The molecule has 1 N–H and O–H groups in total. The first-order chi connectivity index (χ1) is 9.15. The molecule has 1 aromatic heterocycles. The third kappa shape index (κ3) is 6.18. The van der Waals surface area contributed by atoms with Gasteiger partial charge in [0.05, 0.1) is 18.9 Å². The van der Waals surface area contributed by atoms with Crippen molar-refractivity contribution in [2.75, 3.05) is 33.5 Å². The molecule has 0 spiro atoms. The first-order valence-corrected chi connectivity index (χ1v) is 6.95. The molecule has 1 atom stereocenters. The summed E-state index contributed by atoms with van der Waals surface area (Å²) < 4.78 is 12.2. The minimum Gasteiger partial charge on any atom is -0.382 e. The third-order valence-corrected chi connectivity index (χ3v) is 3.12. The fourth-order valence-corrected chi connectivity index (χ4v) is 2.05. The largest absolute Gasteiger partial charge is 0.382 e. The summed E-state index contributed by atoms with van der Waals surface area (Å²) in [6.45, 7) is 7.41. The molecular formula is C14H27N3O2. The lowest BCUT2D eigenvalue weighted by molar-refractivity contribution is 0.0687. The minimum atomic E-state index is 0.350. The highest BCUT2D eigenvalue weighted by Crippen LogP contribution is 2.15. The maximum absolute atomic E-state index is 5.42. The van der Waals surface area contributed by atoms with Crippen molar-refractivity contribution in [3.8, 4) is 0 Å². The molecule has 19 heavy (non-hydrogen) atoms. The van der Waals surface area contributed by atoms with Gasteiger partial charge in [-0.15, -0.1) is 0 Å². The Morgan fingerprint density at radius 3 is 2.74 bits per heavy atom. The van der Waals surface area contributed by atoms with Crippen LogP contribution >= 0.6 is 0 Å². The van der Waals surface area contributed by atoms with Crippen LogP contribution < -0.4 is 5.32 Å². The zero-order valence-electron chi connectivity index (χ0n) is 12.6.